The van der Waals surface area contributed by atoms with Gasteiger partial charge in [-0.2, -0.15) is 0 Å². The first-order valence-corrected chi connectivity index (χ1v) is 9.75. The molecule has 6 heteroatoms. The Bertz CT molecular complexity index is 843. The number of benzene rings is 1. The monoisotopic (exact) mass is 358 g/mol. The van der Waals surface area contributed by atoms with E-state index in [0.717, 1.165) is 28.0 Å². The third kappa shape index (κ3) is 3.70. The van der Waals surface area contributed by atoms with Crippen molar-refractivity contribution in [2.45, 2.75) is 44.0 Å². The average molecular weight is 359 g/mol. The van der Waals surface area contributed by atoms with Crippen molar-refractivity contribution in [3.8, 4) is 11.4 Å². The van der Waals surface area contributed by atoms with Crippen LogP contribution < -0.4 is 0 Å². The molecule has 3 rings (SSSR count). The molecule has 0 saturated heterocycles. The first-order valence-electron chi connectivity index (χ1n) is 7.89. The van der Waals surface area contributed by atoms with E-state index in [1.54, 1.807) is 23.1 Å². The SMILES string of the molecule is Cc1cccc(-c2nnc(SCc3csc(C(C)(C)C)n3)n2C)c1. The molecule has 0 aliphatic heterocycles. The van der Waals surface area contributed by atoms with E-state index >= 15 is 0 Å². The van der Waals surface area contributed by atoms with Gasteiger partial charge in [0.05, 0.1) is 10.7 Å². The number of thiazole rings is 1. The second kappa shape index (κ2) is 6.69. The molecule has 0 aliphatic rings. The van der Waals surface area contributed by atoms with E-state index in [4.69, 9.17) is 4.98 Å². The molecule has 0 bridgehead atoms. The topological polar surface area (TPSA) is 43.6 Å². The summed E-state index contributed by atoms with van der Waals surface area (Å²) < 4.78 is 2.05. The van der Waals surface area contributed by atoms with E-state index < -0.39 is 0 Å². The Balaban J connectivity index is 1.74. The molecule has 24 heavy (non-hydrogen) atoms. The van der Waals surface area contributed by atoms with Crippen LogP contribution in [-0.2, 0) is 18.2 Å². The largest absolute Gasteiger partial charge is 0.305 e. The first-order chi connectivity index (χ1) is 11.3. The number of hydrogen-bond acceptors (Lipinski definition) is 5. The van der Waals surface area contributed by atoms with Gasteiger partial charge in [0.15, 0.2) is 11.0 Å². The van der Waals surface area contributed by atoms with Crippen LogP contribution in [0.4, 0.5) is 0 Å². The maximum atomic E-state index is 4.74. The molecule has 0 N–H and O–H groups in total. The Kier molecular flexibility index (Phi) is 4.78. The van der Waals surface area contributed by atoms with E-state index in [1.165, 1.54) is 10.6 Å². The molecule has 126 valence electrons. The quantitative estimate of drug-likeness (QED) is 0.626. The molecule has 0 amide bonds. The summed E-state index contributed by atoms with van der Waals surface area (Å²) in [6.45, 7) is 8.67. The molecule has 3 aromatic rings. The van der Waals surface area contributed by atoms with Crippen LogP contribution in [0.25, 0.3) is 11.4 Å². The molecule has 4 nitrogen and oxygen atoms in total. The molecule has 0 fully saturated rings. The number of nitrogens with zero attached hydrogens (tertiary/aromatic N) is 4. The molecule has 1 aromatic carbocycles. The van der Waals surface area contributed by atoms with Crippen molar-refractivity contribution < 1.29 is 0 Å². The molecule has 0 saturated carbocycles. The van der Waals surface area contributed by atoms with Gasteiger partial charge in [-0.3, -0.25) is 0 Å². The zero-order valence-electron chi connectivity index (χ0n) is 14.7. The van der Waals surface area contributed by atoms with Crippen LogP contribution in [0.15, 0.2) is 34.8 Å². The summed E-state index contributed by atoms with van der Waals surface area (Å²) in [6.07, 6.45) is 0. The van der Waals surface area contributed by atoms with Gasteiger partial charge in [0.2, 0.25) is 0 Å². The molecule has 2 heterocycles. The fourth-order valence-corrected chi connectivity index (χ4v) is 4.15. The van der Waals surface area contributed by atoms with Crippen LogP contribution in [0, 0.1) is 6.92 Å². The van der Waals surface area contributed by atoms with Crippen molar-refractivity contribution >= 4 is 23.1 Å². The zero-order chi connectivity index (χ0) is 17.3. The number of aryl methyl sites for hydroxylation is 1. The summed E-state index contributed by atoms with van der Waals surface area (Å²) in [5.74, 6) is 1.71. The third-order valence-electron chi connectivity index (χ3n) is 3.65. The third-order valence-corrected chi connectivity index (χ3v) is 6.02. The Hall–Kier alpha value is -1.66. The molecule has 2 aromatic heterocycles. The minimum Gasteiger partial charge on any atom is -0.305 e. The number of rotatable bonds is 4. The van der Waals surface area contributed by atoms with Crippen LogP contribution in [0.1, 0.15) is 37.0 Å². The van der Waals surface area contributed by atoms with Crippen LogP contribution in [0.3, 0.4) is 0 Å². The van der Waals surface area contributed by atoms with Gasteiger partial charge >= 0.3 is 0 Å². The van der Waals surface area contributed by atoms with Crippen LogP contribution in [0.2, 0.25) is 0 Å². The highest BCUT2D eigenvalue weighted by atomic mass is 32.2. The zero-order valence-corrected chi connectivity index (χ0v) is 16.3. The normalized spacial score (nSPS) is 11.9. The smallest absolute Gasteiger partial charge is 0.191 e. The Morgan fingerprint density at radius 3 is 2.67 bits per heavy atom. The summed E-state index contributed by atoms with van der Waals surface area (Å²) in [5.41, 5.74) is 3.54. The van der Waals surface area contributed by atoms with Gasteiger partial charge in [-0.15, -0.1) is 21.5 Å². The highest BCUT2D eigenvalue weighted by Crippen LogP contribution is 2.29. The van der Waals surface area contributed by atoms with E-state index in [2.05, 4.69) is 72.1 Å². The lowest BCUT2D eigenvalue weighted by Crippen LogP contribution is -2.10. The fourth-order valence-electron chi connectivity index (χ4n) is 2.33. The predicted molar refractivity (Wildman–Crippen MR) is 102 cm³/mol. The highest BCUT2D eigenvalue weighted by Gasteiger charge is 2.18. The summed E-state index contributed by atoms with van der Waals surface area (Å²) in [4.78, 5) is 4.74. The lowest BCUT2D eigenvalue weighted by molar-refractivity contribution is 0.584. The van der Waals surface area contributed by atoms with Crippen LogP contribution in [-0.4, -0.2) is 19.7 Å². The predicted octanol–water partition coefficient (Wildman–Crippen LogP) is 4.84. The van der Waals surface area contributed by atoms with Gasteiger partial charge in [0.1, 0.15) is 0 Å². The lowest BCUT2D eigenvalue weighted by Gasteiger charge is -2.13. The number of hydrogen-bond donors (Lipinski definition) is 0. The Morgan fingerprint density at radius 1 is 1.21 bits per heavy atom. The summed E-state index contributed by atoms with van der Waals surface area (Å²) in [5, 5.41) is 12.9. The summed E-state index contributed by atoms with van der Waals surface area (Å²) in [6, 6.07) is 8.34. The molecule has 0 atom stereocenters. The second-order valence-electron chi connectivity index (χ2n) is 6.92. The molecule has 0 spiro atoms. The van der Waals surface area contributed by atoms with Gasteiger partial charge in [0.25, 0.3) is 0 Å². The van der Waals surface area contributed by atoms with Crippen molar-refractivity contribution in [1.29, 1.82) is 0 Å². The van der Waals surface area contributed by atoms with E-state index in [0.29, 0.717) is 0 Å². The minimum absolute atomic E-state index is 0.108. The highest BCUT2D eigenvalue weighted by molar-refractivity contribution is 7.98. The Morgan fingerprint density at radius 2 is 2.00 bits per heavy atom. The van der Waals surface area contributed by atoms with Gasteiger partial charge in [-0.25, -0.2) is 4.98 Å². The maximum Gasteiger partial charge on any atom is 0.191 e. The molecular formula is C18H22N4S2. The Labute approximate surface area is 151 Å². The first kappa shape index (κ1) is 17.2. The van der Waals surface area contributed by atoms with Gasteiger partial charge in [-0.05, 0) is 13.0 Å². The fraction of sp³-hybridized carbons (Fsp3) is 0.389. The van der Waals surface area contributed by atoms with Crippen molar-refractivity contribution in [3.05, 3.63) is 45.9 Å². The summed E-state index contributed by atoms with van der Waals surface area (Å²) in [7, 11) is 2.02. The van der Waals surface area contributed by atoms with Crippen LogP contribution in [0.5, 0.6) is 0 Å². The van der Waals surface area contributed by atoms with Crippen molar-refractivity contribution in [1.82, 2.24) is 19.7 Å². The summed E-state index contributed by atoms with van der Waals surface area (Å²) >= 11 is 3.41. The van der Waals surface area contributed by atoms with E-state index in [1.807, 2.05) is 7.05 Å². The number of aromatic nitrogens is 4. The van der Waals surface area contributed by atoms with Crippen molar-refractivity contribution in [3.63, 3.8) is 0 Å². The lowest BCUT2D eigenvalue weighted by atomic mass is 9.98. The molecular weight excluding hydrogens is 336 g/mol. The average Bonchev–Trinajstić information content (AvgIpc) is 3.12. The molecule has 0 aliphatic carbocycles. The molecule has 0 radical (unpaired) electrons. The van der Waals surface area contributed by atoms with E-state index in [9.17, 15) is 0 Å². The minimum atomic E-state index is 0.108. The van der Waals surface area contributed by atoms with Crippen molar-refractivity contribution in [2.75, 3.05) is 0 Å². The van der Waals surface area contributed by atoms with Crippen molar-refractivity contribution in [2.24, 2.45) is 7.05 Å². The standard InChI is InChI=1S/C18H22N4S2/c1-12-7-6-8-13(9-12)15-20-21-17(22(15)5)24-11-14-10-23-16(19-14)18(2,3)4/h6-10H,11H2,1-5H3. The molecule has 0 unspecified atom stereocenters. The van der Waals surface area contributed by atoms with Gasteiger partial charge in [0, 0.05) is 29.2 Å². The number of thioether (sulfide) groups is 1. The van der Waals surface area contributed by atoms with Crippen LogP contribution >= 0.6 is 23.1 Å². The maximum absolute atomic E-state index is 4.74. The second-order valence-corrected chi connectivity index (χ2v) is 8.72. The van der Waals surface area contributed by atoms with E-state index in [-0.39, 0.29) is 5.41 Å². The van der Waals surface area contributed by atoms with Gasteiger partial charge in [-0.1, -0.05) is 56.3 Å². The van der Waals surface area contributed by atoms with Gasteiger partial charge < -0.3 is 4.57 Å².